The number of hydrogen-bond donors (Lipinski definition) is 2. The van der Waals surface area contributed by atoms with Crippen molar-refractivity contribution in [2.24, 2.45) is 5.92 Å². The molecule has 0 saturated carbocycles. The average molecular weight is 482 g/mol. The Kier molecular flexibility index (Phi) is 7.29. The van der Waals surface area contributed by atoms with Crippen molar-refractivity contribution in [1.82, 2.24) is 4.90 Å². The van der Waals surface area contributed by atoms with E-state index < -0.39 is 10.0 Å². The van der Waals surface area contributed by atoms with Gasteiger partial charge in [-0.15, -0.1) is 0 Å². The minimum Gasteiger partial charge on any atom is -0.326 e. The summed E-state index contributed by atoms with van der Waals surface area (Å²) < 4.78 is 40.9. The number of carbonyl (C=O) groups excluding carboxylic acids is 1. The molecule has 8 heteroatoms. The molecular formula is C26H28FN3O3S. The topological polar surface area (TPSA) is 78.5 Å². The Hall–Kier alpha value is -3.23. The summed E-state index contributed by atoms with van der Waals surface area (Å²) in [6.45, 7) is 4.21. The van der Waals surface area contributed by atoms with Crippen molar-refractivity contribution < 1.29 is 17.6 Å². The first kappa shape index (κ1) is 23.9. The van der Waals surface area contributed by atoms with Gasteiger partial charge in [-0.1, -0.05) is 24.3 Å². The highest BCUT2D eigenvalue weighted by atomic mass is 32.2. The van der Waals surface area contributed by atoms with E-state index in [1.807, 2.05) is 13.0 Å². The van der Waals surface area contributed by atoms with Gasteiger partial charge in [0.05, 0.1) is 4.90 Å². The van der Waals surface area contributed by atoms with Crippen LogP contribution in [0.2, 0.25) is 0 Å². The number of amides is 1. The number of likely N-dealkylation sites (tertiary alicyclic amines) is 1. The molecule has 1 amide bonds. The Morgan fingerprint density at radius 1 is 0.971 bits per heavy atom. The quantitative estimate of drug-likeness (QED) is 0.509. The summed E-state index contributed by atoms with van der Waals surface area (Å²) in [5.41, 5.74) is 3.08. The first-order chi connectivity index (χ1) is 16.3. The van der Waals surface area contributed by atoms with Crippen molar-refractivity contribution in [2.75, 3.05) is 23.1 Å². The third kappa shape index (κ3) is 6.21. The molecule has 1 aliphatic rings. The lowest BCUT2D eigenvalue weighted by atomic mass is 9.95. The zero-order chi connectivity index (χ0) is 24.1. The molecule has 178 valence electrons. The van der Waals surface area contributed by atoms with Crippen LogP contribution in [-0.2, 0) is 21.4 Å². The number of hydrogen-bond acceptors (Lipinski definition) is 4. The Balaban J connectivity index is 1.29. The van der Waals surface area contributed by atoms with E-state index in [0.717, 1.165) is 43.6 Å². The standard InChI is InChI=1S/C26H28FN3O3S/c1-19-3-2-4-24(17-19)29-34(32,33)25-11-9-23(10-12-25)28-26(31)21-13-15-30(16-14-21)18-20-5-7-22(27)8-6-20/h2-12,17,21,29H,13-16,18H2,1H3,(H,28,31). The van der Waals surface area contributed by atoms with Crippen LogP contribution < -0.4 is 10.0 Å². The van der Waals surface area contributed by atoms with E-state index in [-0.39, 0.29) is 22.5 Å². The molecule has 6 nitrogen and oxygen atoms in total. The van der Waals surface area contributed by atoms with Gasteiger partial charge in [0.25, 0.3) is 10.0 Å². The van der Waals surface area contributed by atoms with Crippen molar-refractivity contribution in [3.8, 4) is 0 Å². The van der Waals surface area contributed by atoms with E-state index in [0.29, 0.717) is 11.4 Å². The predicted molar refractivity (Wildman–Crippen MR) is 131 cm³/mol. The van der Waals surface area contributed by atoms with Crippen molar-refractivity contribution in [2.45, 2.75) is 31.2 Å². The molecule has 4 rings (SSSR count). The van der Waals surface area contributed by atoms with Gasteiger partial charge in [-0.25, -0.2) is 12.8 Å². The molecule has 34 heavy (non-hydrogen) atoms. The molecule has 0 spiro atoms. The Bertz CT molecular complexity index is 1240. The third-order valence-corrected chi connectivity index (χ3v) is 7.38. The van der Waals surface area contributed by atoms with Crippen LogP contribution in [0.15, 0.2) is 77.7 Å². The fourth-order valence-electron chi connectivity index (χ4n) is 4.09. The predicted octanol–water partition coefficient (Wildman–Crippen LogP) is 4.79. The van der Waals surface area contributed by atoms with E-state index in [9.17, 15) is 17.6 Å². The molecule has 0 bridgehead atoms. The van der Waals surface area contributed by atoms with E-state index in [1.165, 1.54) is 24.3 Å². The zero-order valence-electron chi connectivity index (χ0n) is 19.0. The molecule has 0 aliphatic carbocycles. The van der Waals surface area contributed by atoms with Gasteiger partial charge in [0.1, 0.15) is 5.82 Å². The maximum absolute atomic E-state index is 13.1. The van der Waals surface area contributed by atoms with Crippen LogP contribution in [0.4, 0.5) is 15.8 Å². The summed E-state index contributed by atoms with van der Waals surface area (Å²) in [7, 11) is -3.72. The van der Waals surface area contributed by atoms with Crippen LogP contribution in [0.3, 0.4) is 0 Å². The molecule has 1 fully saturated rings. The van der Waals surface area contributed by atoms with Crippen LogP contribution in [-0.4, -0.2) is 32.3 Å². The van der Waals surface area contributed by atoms with Gasteiger partial charge in [0, 0.05) is 23.8 Å². The van der Waals surface area contributed by atoms with Crippen LogP contribution in [0.5, 0.6) is 0 Å². The highest BCUT2D eigenvalue weighted by Crippen LogP contribution is 2.23. The molecule has 0 aromatic heterocycles. The van der Waals surface area contributed by atoms with Crippen LogP contribution in [0.1, 0.15) is 24.0 Å². The molecule has 1 heterocycles. The summed E-state index contributed by atoms with van der Waals surface area (Å²) in [6.07, 6.45) is 1.47. The van der Waals surface area contributed by atoms with Crippen molar-refractivity contribution in [3.63, 3.8) is 0 Å². The second kappa shape index (κ2) is 10.4. The summed E-state index contributed by atoms with van der Waals surface area (Å²) >= 11 is 0. The number of nitrogens with zero attached hydrogens (tertiary/aromatic N) is 1. The number of sulfonamides is 1. The Morgan fingerprint density at radius 2 is 1.65 bits per heavy atom. The van der Waals surface area contributed by atoms with Gasteiger partial charge in [-0.05, 0) is 92.5 Å². The second-order valence-electron chi connectivity index (χ2n) is 8.67. The number of piperidine rings is 1. The SMILES string of the molecule is Cc1cccc(NS(=O)(=O)c2ccc(NC(=O)C3CCN(Cc4ccc(F)cc4)CC3)cc2)c1. The number of benzene rings is 3. The van der Waals surface area contributed by atoms with Crippen LogP contribution in [0, 0.1) is 18.7 Å². The van der Waals surface area contributed by atoms with E-state index in [1.54, 1.807) is 42.5 Å². The third-order valence-electron chi connectivity index (χ3n) is 5.98. The molecule has 0 atom stereocenters. The number of carbonyl (C=O) groups is 1. The number of rotatable bonds is 7. The van der Waals surface area contributed by atoms with Gasteiger partial charge >= 0.3 is 0 Å². The number of aryl methyl sites for hydroxylation is 1. The number of anilines is 2. The maximum atomic E-state index is 13.1. The first-order valence-electron chi connectivity index (χ1n) is 11.3. The largest absolute Gasteiger partial charge is 0.326 e. The summed E-state index contributed by atoms with van der Waals surface area (Å²) in [5.74, 6) is -0.405. The molecule has 3 aromatic rings. The number of halogens is 1. The Labute approximate surface area is 199 Å². The van der Waals surface area contributed by atoms with Gasteiger partial charge in [0.15, 0.2) is 0 Å². The Morgan fingerprint density at radius 3 is 2.29 bits per heavy atom. The monoisotopic (exact) mass is 481 g/mol. The van der Waals surface area contributed by atoms with Crippen LogP contribution >= 0.6 is 0 Å². The highest BCUT2D eigenvalue weighted by Gasteiger charge is 2.25. The lowest BCUT2D eigenvalue weighted by molar-refractivity contribution is -0.121. The normalized spacial score (nSPS) is 15.1. The molecule has 0 unspecified atom stereocenters. The molecule has 1 saturated heterocycles. The summed E-state index contributed by atoms with van der Waals surface area (Å²) in [5, 5.41) is 2.90. The van der Waals surface area contributed by atoms with Gasteiger partial charge < -0.3 is 5.32 Å². The highest BCUT2D eigenvalue weighted by molar-refractivity contribution is 7.92. The van der Waals surface area contributed by atoms with Crippen molar-refractivity contribution >= 4 is 27.3 Å². The first-order valence-corrected chi connectivity index (χ1v) is 12.7. The summed E-state index contributed by atoms with van der Waals surface area (Å²) in [6, 6.07) is 19.8. The summed E-state index contributed by atoms with van der Waals surface area (Å²) in [4.78, 5) is 15.1. The van der Waals surface area contributed by atoms with Gasteiger partial charge in [-0.2, -0.15) is 0 Å². The maximum Gasteiger partial charge on any atom is 0.261 e. The second-order valence-corrected chi connectivity index (χ2v) is 10.3. The number of nitrogens with one attached hydrogen (secondary N) is 2. The molecule has 0 radical (unpaired) electrons. The van der Waals surface area contributed by atoms with E-state index in [2.05, 4.69) is 14.9 Å². The molecule has 1 aliphatic heterocycles. The van der Waals surface area contributed by atoms with E-state index in [4.69, 9.17) is 0 Å². The fraction of sp³-hybridized carbons (Fsp3) is 0.269. The minimum atomic E-state index is -3.72. The lowest BCUT2D eigenvalue weighted by Crippen LogP contribution is -2.37. The molecule has 2 N–H and O–H groups in total. The lowest BCUT2D eigenvalue weighted by Gasteiger charge is -2.31. The minimum absolute atomic E-state index is 0.0603. The molecular weight excluding hydrogens is 453 g/mol. The van der Waals surface area contributed by atoms with Gasteiger partial charge in [0.2, 0.25) is 5.91 Å². The average Bonchev–Trinajstić information content (AvgIpc) is 2.81. The smallest absolute Gasteiger partial charge is 0.261 e. The van der Waals surface area contributed by atoms with E-state index >= 15 is 0 Å². The van der Waals surface area contributed by atoms with Crippen LogP contribution in [0.25, 0.3) is 0 Å². The fourth-order valence-corrected chi connectivity index (χ4v) is 5.14. The van der Waals surface area contributed by atoms with Crippen molar-refractivity contribution in [3.05, 3.63) is 89.7 Å². The van der Waals surface area contributed by atoms with Crippen molar-refractivity contribution in [1.29, 1.82) is 0 Å². The molecule has 3 aromatic carbocycles. The zero-order valence-corrected chi connectivity index (χ0v) is 19.8. The van der Waals surface area contributed by atoms with Gasteiger partial charge in [-0.3, -0.25) is 14.4 Å².